The minimum Gasteiger partial charge on any atom is -0.462 e. The Morgan fingerprint density at radius 1 is 0.800 bits per heavy atom. The standard InChI is InChI=1S/C46H63IN4O12S2/c1-10-39(52)62-31-17-20-51(21-18-31)37-28-46(6,7)26-33(42(37)65(9,58)59)35(30-49)44(55)61-24-16-14-13-15-23-60-43(54)34(29-48)32-25-45(4,5)27-36(41(32)64(8,56)57)50(12-3)22-19-38(47)63-40(53)11-2/h10-11,31,38H,1-2,12-28H2,3-9H3/b34-32+,35-33+. The van der Waals surface area contributed by atoms with Gasteiger partial charge in [0.2, 0.25) is 0 Å². The van der Waals surface area contributed by atoms with Crippen molar-refractivity contribution in [1.82, 2.24) is 9.80 Å². The van der Waals surface area contributed by atoms with E-state index in [4.69, 9.17) is 18.9 Å². The predicted molar refractivity (Wildman–Crippen MR) is 252 cm³/mol. The van der Waals surface area contributed by atoms with Gasteiger partial charge in [-0.2, -0.15) is 10.5 Å². The first-order valence-corrected chi connectivity index (χ1v) is 26.6. The Labute approximate surface area is 398 Å². The number of unbranched alkanes of at least 4 members (excludes halogenated alkanes) is 3. The molecule has 2 aliphatic carbocycles. The first-order chi connectivity index (χ1) is 30.3. The predicted octanol–water partition coefficient (Wildman–Crippen LogP) is 6.82. The Hall–Kier alpha value is -4.47. The van der Waals surface area contributed by atoms with Crippen LogP contribution in [0.5, 0.6) is 0 Å². The Morgan fingerprint density at radius 2 is 1.28 bits per heavy atom. The average molecular weight is 1060 g/mol. The SMILES string of the molecule is C=CC(=O)OC(I)CCN(CC)C1=C(S(C)(=O)=O)/C(=C(\C#N)C(=O)OCCCCCCOC(=O)/C(C#N)=C2\CC(C)(C)CC(N3CCC(OC(=O)C=C)CC3)=C2S(C)(=O)=O)CC(C)(C)C1. The minimum absolute atomic E-state index is 0.0501. The molecule has 1 saturated heterocycles. The van der Waals surface area contributed by atoms with Crippen molar-refractivity contribution < 1.29 is 55.0 Å². The summed E-state index contributed by atoms with van der Waals surface area (Å²) < 4.78 is 74.7. The number of halogens is 1. The number of alkyl halides is 1. The molecule has 1 fully saturated rings. The van der Waals surface area contributed by atoms with Crippen LogP contribution in [0.4, 0.5) is 0 Å². The third kappa shape index (κ3) is 15.8. The smallest absolute Gasteiger partial charge is 0.349 e. The molecule has 0 aromatic rings. The molecule has 358 valence electrons. The van der Waals surface area contributed by atoms with Gasteiger partial charge in [-0.1, -0.05) is 40.9 Å². The highest BCUT2D eigenvalue weighted by Gasteiger charge is 2.42. The Kier molecular flexibility index (Phi) is 20.1. The van der Waals surface area contributed by atoms with Crippen molar-refractivity contribution in [3.63, 3.8) is 0 Å². The molecule has 0 aromatic heterocycles. The number of carbonyl (C=O) groups is 4. The number of nitriles is 2. The summed E-state index contributed by atoms with van der Waals surface area (Å²) in [6, 6.07) is 3.84. The van der Waals surface area contributed by atoms with E-state index in [0.717, 1.165) is 24.7 Å². The van der Waals surface area contributed by atoms with E-state index in [1.807, 2.05) is 79.1 Å². The Bertz CT molecular complexity index is 2310. The zero-order valence-corrected chi connectivity index (χ0v) is 42.4. The summed E-state index contributed by atoms with van der Waals surface area (Å²) in [5, 5.41) is 20.4. The van der Waals surface area contributed by atoms with Crippen molar-refractivity contribution in [2.45, 2.75) is 115 Å². The van der Waals surface area contributed by atoms with Crippen molar-refractivity contribution in [3.05, 3.63) is 68.8 Å². The van der Waals surface area contributed by atoms with Gasteiger partial charge in [0.15, 0.2) is 23.8 Å². The fourth-order valence-electron chi connectivity index (χ4n) is 8.38. The van der Waals surface area contributed by atoms with Gasteiger partial charge < -0.3 is 28.7 Å². The largest absolute Gasteiger partial charge is 0.462 e. The molecule has 0 N–H and O–H groups in total. The maximum absolute atomic E-state index is 13.4. The third-order valence-electron chi connectivity index (χ3n) is 11.2. The Balaban J connectivity index is 1.69. The van der Waals surface area contributed by atoms with Crippen molar-refractivity contribution in [3.8, 4) is 12.1 Å². The number of hydrogen-bond acceptors (Lipinski definition) is 16. The van der Waals surface area contributed by atoms with Gasteiger partial charge in [-0.05, 0) is 103 Å². The van der Waals surface area contributed by atoms with E-state index in [9.17, 15) is 46.5 Å². The molecule has 16 nitrogen and oxygen atoms in total. The Morgan fingerprint density at radius 3 is 1.72 bits per heavy atom. The van der Waals surface area contributed by atoms with E-state index in [1.54, 1.807) is 0 Å². The van der Waals surface area contributed by atoms with Crippen LogP contribution in [-0.4, -0.2) is 113 Å². The molecule has 0 saturated carbocycles. The summed E-state index contributed by atoms with van der Waals surface area (Å²) in [6.07, 6.45) is 8.15. The molecule has 1 atom stereocenters. The number of sulfone groups is 2. The van der Waals surface area contributed by atoms with Crippen LogP contribution in [0.1, 0.15) is 105 Å². The highest BCUT2D eigenvalue weighted by atomic mass is 127. The maximum Gasteiger partial charge on any atom is 0.349 e. The van der Waals surface area contributed by atoms with Gasteiger partial charge in [0, 0.05) is 81.5 Å². The second kappa shape index (κ2) is 23.8. The highest BCUT2D eigenvalue weighted by Crippen LogP contribution is 2.48. The monoisotopic (exact) mass is 1050 g/mol. The normalized spacial score (nSPS) is 19.8. The molecule has 0 aromatic carbocycles. The zero-order valence-electron chi connectivity index (χ0n) is 38.6. The summed E-state index contributed by atoms with van der Waals surface area (Å²) in [4.78, 5) is 54.0. The molecule has 0 bridgehead atoms. The van der Waals surface area contributed by atoms with E-state index >= 15 is 0 Å². The lowest BCUT2D eigenvalue weighted by atomic mass is 9.75. The second-order valence-corrected chi connectivity index (χ2v) is 23.3. The fraction of sp³-hybridized carbons (Fsp3) is 0.609. The van der Waals surface area contributed by atoms with E-state index in [0.29, 0.717) is 95.4 Å². The average Bonchev–Trinajstić information content (AvgIpc) is 3.20. The number of esters is 4. The molecule has 0 spiro atoms. The number of allylic oxidation sites excluding steroid dienone is 4. The van der Waals surface area contributed by atoms with Crippen molar-refractivity contribution in [1.29, 1.82) is 10.5 Å². The summed E-state index contributed by atoms with van der Waals surface area (Å²) in [5.74, 6) is -2.97. The fourth-order valence-corrected chi connectivity index (χ4v) is 11.4. The van der Waals surface area contributed by atoms with Crippen molar-refractivity contribution >= 4 is 66.1 Å². The quantitative estimate of drug-likeness (QED) is 0.0218. The highest BCUT2D eigenvalue weighted by molar-refractivity contribution is 14.1. The number of carbonyl (C=O) groups excluding carboxylic acids is 4. The molecule has 0 radical (unpaired) electrons. The van der Waals surface area contributed by atoms with Gasteiger partial charge in [0.05, 0.1) is 23.0 Å². The van der Waals surface area contributed by atoms with Crippen LogP contribution >= 0.6 is 22.6 Å². The molecule has 1 heterocycles. The molecule has 19 heteroatoms. The molecular formula is C46H63IN4O12S2. The summed E-state index contributed by atoms with van der Waals surface area (Å²) in [7, 11) is -7.86. The van der Waals surface area contributed by atoms with Gasteiger partial charge in [0.1, 0.15) is 29.4 Å². The molecule has 1 unspecified atom stereocenters. The van der Waals surface area contributed by atoms with Crippen LogP contribution in [0.25, 0.3) is 0 Å². The molecule has 1 aliphatic heterocycles. The first kappa shape index (κ1) is 54.9. The van der Waals surface area contributed by atoms with Gasteiger partial charge in [-0.3, -0.25) is 0 Å². The van der Waals surface area contributed by atoms with Crippen molar-refractivity contribution in [2.24, 2.45) is 10.8 Å². The van der Waals surface area contributed by atoms with Crippen LogP contribution in [-0.2, 0) is 57.8 Å². The van der Waals surface area contributed by atoms with Crippen molar-refractivity contribution in [2.75, 3.05) is 51.9 Å². The van der Waals surface area contributed by atoms with Crippen LogP contribution in [0.15, 0.2) is 68.8 Å². The number of hydrogen-bond donors (Lipinski definition) is 0. The summed E-state index contributed by atoms with van der Waals surface area (Å²) >= 11 is 1.98. The van der Waals surface area contributed by atoms with Crippen LogP contribution in [0.2, 0.25) is 0 Å². The maximum atomic E-state index is 13.4. The van der Waals surface area contributed by atoms with E-state index in [2.05, 4.69) is 13.2 Å². The lowest BCUT2D eigenvalue weighted by Gasteiger charge is -2.42. The zero-order chi connectivity index (χ0) is 48.9. The van der Waals surface area contributed by atoms with Gasteiger partial charge in [-0.15, -0.1) is 0 Å². The second-order valence-electron chi connectivity index (χ2n) is 18.0. The van der Waals surface area contributed by atoms with Crippen LogP contribution in [0, 0.1) is 33.5 Å². The number of nitrogens with zero attached hydrogens (tertiary/aromatic N) is 4. The van der Waals surface area contributed by atoms with Crippen LogP contribution < -0.4 is 0 Å². The van der Waals surface area contributed by atoms with Gasteiger partial charge in [-0.25, -0.2) is 36.0 Å². The third-order valence-corrected chi connectivity index (χ3v) is 14.6. The van der Waals surface area contributed by atoms with E-state index < -0.39 is 58.5 Å². The van der Waals surface area contributed by atoms with Crippen LogP contribution in [0.3, 0.4) is 0 Å². The van der Waals surface area contributed by atoms with Gasteiger partial charge >= 0.3 is 23.9 Å². The summed E-state index contributed by atoms with van der Waals surface area (Å²) in [5.41, 5.74) is -0.562. The minimum atomic E-state index is -3.95. The number of rotatable bonds is 21. The lowest BCUT2D eigenvalue weighted by molar-refractivity contribution is -0.145. The molecular weight excluding hydrogens is 992 g/mol. The lowest BCUT2D eigenvalue weighted by Crippen LogP contribution is -2.41. The molecule has 0 amide bonds. The van der Waals surface area contributed by atoms with Gasteiger partial charge in [0.25, 0.3) is 0 Å². The first-order valence-electron chi connectivity index (χ1n) is 21.6. The van der Waals surface area contributed by atoms with E-state index in [-0.39, 0.29) is 64.3 Å². The van der Waals surface area contributed by atoms with E-state index in [1.165, 1.54) is 0 Å². The number of piperidine rings is 1. The summed E-state index contributed by atoms with van der Waals surface area (Å²) in [6.45, 7) is 17.9. The topological polar surface area (TPSA) is 228 Å². The number of ether oxygens (including phenoxy) is 4. The molecule has 65 heavy (non-hydrogen) atoms. The molecule has 3 rings (SSSR count). The molecule has 3 aliphatic rings. The number of likely N-dealkylation sites (tertiary alicyclic amines) is 1.